The molecule has 0 aliphatic carbocycles. The van der Waals surface area contributed by atoms with E-state index in [1.54, 1.807) is 26.0 Å². The van der Waals surface area contributed by atoms with E-state index < -0.39 is 23.3 Å². The topological polar surface area (TPSA) is 67.4 Å². The van der Waals surface area contributed by atoms with Gasteiger partial charge in [0.25, 0.3) is 5.91 Å². The lowest BCUT2D eigenvalue weighted by molar-refractivity contribution is 0.0963. The molecule has 3 amide bonds. The van der Waals surface area contributed by atoms with E-state index in [0.29, 0.717) is 33.3 Å². The predicted molar refractivity (Wildman–Crippen MR) is 131 cm³/mol. The summed E-state index contributed by atoms with van der Waals surface area (Å²) < 4.78 is 21.5. The first-order chi connectivity index (χ1) is 15.1. The third-order valence-electron chi connectivity index (χ3n) is 4.42. The van der Waals surface area contributed by atoms with Crippen molar-refractivity contribution in [1.82, 2.24) is 5.32 Å². The van der Waals surface area contributed by atoms with Crippen LogP contribution in [0.1, 0.15) is 21.5 Å². The van der Waals surface area contributed by atoms with Crippen LogP contribution in [-0.2, 0) is 0 Å². The molecule has 5 nitrogen and oxygen atoms in total. The Hall–Kier alpha value is -2.13. The predicted octanol–water partition coefficient (Wildman–Crippen LogP) is 8.03. The summed E-state index contributed by atoms with van der Waals surface area (Å²) in [7, 11) is 0. The van der Waals surface area contributed by atoms with E-state index in [0.717, 1.165) is 15.0 Å². The summed E-state index contributed by atoms with van der Waals surface area (Å²) in [6.45, 7) is 3.46. The lowest BCUT2D eigenvalue weighted by Crippen LogP contribution is -2.35. The van der Waals surface area contributed by atoms with Gasteiger partial charge in [-0.3, -0.25) is 10.1 Å². The quantitative estimate of drug-likeness (QED) is 0.317. The lowest BCUT2D eigenvalue weighted by atomic mass is 10.1. The molecule has 3 aromatic rings. The van der Waals surface area contributed by atoms with Crippen molar-refractivity contribution in [2.24, 2.45) is 0 Å². The minimum absolute atomic E-state index is 0.106. The number of nitrogens with one attached hydrogen (secondary N) is 2. The largest absolute Gasteiger partial charge is 0.454 e. The van der Waals surface area contributed by atoms with Crippen LogP contribution in [0.3, 0.4) is 0 Å². The van der Waals surface area contributed by atoms with Gasteiger partial charge in [-0.05, 0) is 77.3 Å². The van der Waals surface area contributed by atoms with Crippen LogP contribution in [0, 0.1) is 19.7 Å². The zero-order valence-electron chi connectivity index (χ0n) is 16.7. The third-order valence-corrected chi connectivity index (χ3v) is 6.31. The van der Waals surface area contributed by atoms with E-state index in [-0.39, 0.29) is 5.02 Å². The molecule has 2 N–H and O–H groups in total. The van der Waals surface area contributed by atoms with Gasteiger partial charge in [0, 0.05) is 10.2 Å². The van der Waals surface area contributed by atoms with Crippen molar-refractivity contribution in [3.63, 3.8) is 0 Å². The maximum absolute atomic E-state index is 13.9. The number of imide groups is 1. The molecule has 32 heavy (non-hydrogen) atoms. The highest BCUT2D eigenvalue weighted by Gasteiger charge is 2.20. The highest BCUT2D eigenvalue weighted by Crippen LogP contribution is 2.41. The molecule has 3 rings (SSSR count). The van der Waals surface area contributed by atoms with Crippen LogP contribution in [0.2, 0.25) is 10.0 Å². The SMILES string of the molecule is Cc1cc(NC(=O)NC(=O)c2c(F)cccc2Cl)c(C)c(Cl)c1Oc1ccc(Br)cc1Br. The minimum atomic E-state index is -0.967. The van der Waals surface area contributed by atoms with Crippen molar-refractivity contribution >= 4 is 72.7 Å². The van der Waals surface area contributed by atoms with Gasteiger partial charge in [-0.25, -0.2) is 9.18 Å². The van der Waals surface area contributed by atoms with Crippen molar-refractivity contribution in [2.75, 3.05) is 5.32 Å². The molecular formula is C22H15Br2Cl2FN2O3. The second-order valence-electron chi connectivity index (χ2n) is 6.69. The molecule has 3 aromatic carbocycles. The molecule has 0 unspecified atom stereocenters. The van der Waals surface area contributed by atoms with Gasteiger partial charge in [0.2, 0.25) is 0 Å². The molecule has 0 saturated carbocycles. The summed E-state index contributed by atoms with van der Waals surface area (Å²) in [4.78, 5) is 24.6. The number of carbonyl (C=O) groups excluding carboxylic acids is 2. The van der Waals surface area contributed by atoms with E-state index in [2.05, 4.69) is 42.5 Å². The Morgan fingerprint density at radius 3 is 2.44 bits per heavy atom. The van der Waals surface area contributed by atoms with Crippen molar-refractivity contribution in [2.45, 2.75) is 13.8 Å². The number of hydrogen-bond acceptors (Lipinski definition) is 3. The standard InChI is InChI=1S/C22H15Br2Cl2FN2O3/c1-10-8-16(28-22(31)29-21(30)18-14(25)4-3-5-15(18)27)11(2)19(26)20(10)32-17-7-6-12(23)9-13(17)24/h3-9H,1-2H3,(H2,28,29,30,31). The van der Waals surface area contributed by atoms with Crippen LogP contribution < -0.4 is 15.4 Å². The monoisotopic (exact) mass is 602 g/mol. The highest BCUT2D eigenvalue weighted by molar-refractivity contribution is 9.11. The number of carbonyl (C=O) groups is 2. The average Bonchev–Trinajstić information content (AvgIpc) is 2.70. The van der Waals surface area contributed by atoms with Crippen LogP contribution in [0.15, 0.2) is 51.4 Å². The second kappa shape index (κ2) is 10.2. The first-order valence-corrected chi connectivity index (χ1v) is 11.4. The van der Waals surface area contributed by atoms with Gasteiger partial charge in [-0.15, -0.1) is 0 Å². The smallest absolute Gasteiger partial charge is 0.326 e. The number of urea groups is 1. The van der Waals surface area contributed by atoms with Crippen molar-refractivity contribution in [3.05, 3.63) is 84.0 Å². The van der Waals surface area contributed by atoms with E-state index in [1.807, 2.05) is 12.1 Å². The van der Waals surface area contributed by atoms with E-state index in [1.165, 1.54) is 12.1 Å². The first kappa shape index (κ1) is 24.5. The zero-order chi connectivity index (χ0) is 23.6. The average molecular weight is 605 g/mol. The summed E-state index contributed by atoms with van der Waals surface area (Å²) in [6.07, 6.45) is 0. The number of hydrogen-bond donors (Lipinski definition) is 2. The van der Waals surface area contributed by atoms with Crippen LogP contribution in [0.4, 0.5) is 14.9 Å². The molecular weight excluding hydrogens is 590 g/mol. The summed E-state index contributed by atoms with van der Waals surface area (Å²) in [5.74, 6) is -0.819. The molecule has 10 heteroatoms. The summed E-state index contributed by atoms with van der Waals surface area (Å²) in [5.41, 5.74) is 1.11. The van der Waals surface area contributed by atoms with Crippen LogP contribution in [0.5, 0.6) is 11.5 Å². The summed E-state index contributed by atoms with van der Waals surface area (Å²) in [5, 5.41) is 4.80. The fourth-order valence-electron chi connectivity index (χ4n) is 2.81. The molecule has 0 spiro atoms. The van der Waals surface area contributed by atoms with Gasteiger partial charge in [0.05, 0.1) is 20.1 Å². The second-order valence-corrected chi connectivity index (χ2v) is 9.25. The van der Waals surface area contributed by atoms with Gasteiger partial charge < -0.3 is 10.1 Å². The number of aryl methyl sites for hydroxylation is 1. The summed E-state index contributed by atoms with van der Waals surface area (Å²) >= 11 is 19.2. The maximum atomic E-state index is 13.9. The number of benzene rings is 3. The number of amides is 3. The van der Waals surface area contributed by atoms with Crippen molar-refractivity contribution in [3.8, 4) is 11.5 Å². The Balaban J connectivity index is 1.80. The van der Waals surface area contributed by atoms with Crippen LogP contribution >= 0.6 is 55.1 Å². The fraction of sp³-hybridized carbons (Fsp3) is 0.0909. The number of ether oxygens (including phenoxy) is 1. The first-order valence-electron chi connectivity index (χ1n) is 9.07. The van der Waals surface area contributed by atoms with E-state index >= 15 is 0 Å². The van der Waals surface area contributed by atoms with E-state index in [4.69, 9.17) is 27.9 Å². The van der Waals surface area contributed by atoms with Gasteiger partial charge >= 0.3 is 6.03 Å². The fourth-order valence-corrected chi connectivity index (χ4v) is 4.48. The molecule has 0 fully saturated rings. The molecule has 0 radical (unpaired) electrons. The Labute approximate surface area is 210 Å². The Kier molecular flexibility index (Phi) is 7.82. The zero-order valence-corrected chi connectivity index (χ0v) is 21.3. The van der Waals surface area contributed by atoms with Crippen molar-refractivity contribution in [1.29, 1.82) is 0 Å². The highest BCUT2D eigenvalue weighted by atomic mass is 79.9. The molecule has 0 saturated heterocycles. The van der Waals surface area contributed by atoms with Gasteiger partial charge in [-0.2, -0.15) is 0 Å². The van der Waals surface area contributed by atoms with Gasteiger partial charge in [0.15, 0.2) is 0 Å². The molecule has 0 bridgehead atoms. The van der Waals surface area contributed by atoms with E-state index in [9.17, 15) is 14.0 Å². The Morgan fingerprint density at radius 2 is 1.78 bits per heavy atom. The molecule has 0 atom stereocenters. The maximum Gasteiger partial charge on any atom is 0.326 e. The Morgan fingerprint density at radius 1 is 1.06 bits per heavy atom. The molecule has 0 aliphatic rings. The normalized spacial score (nSPS) is 10.6. The number of halogens is 5. The molecule has 0 aromatic heterocycles. The van der Waals surface area contributed by atoms with Crippen LogP contribution in [-0.4, -0.2) is 11.9 Å². The molecule has 0 heterocycles. The third kappa shape index (κ3) is 5.43. The molecule has 166 valence electrons. The number of anilines is 1. The van der Waals surface area contributed by atoms with Crippen molar-refractivity contribution < 1.29 is 18.7 Å². The van der Waals surface area contributed by atoms with Crippen LogP contribution in [0.25, 0.3) is 0 Å². The van der Waals surface area contributed by atoms with Gasteiger partial charge in [0.1, 0.15) is 17.3 Å². The number of rotatable bonds is 4. The Bertz CT molecular complexity index is 1220. The lowest BCUT2D eigenvalue weighted by Gasteiger charge is -2.17. The van der Waals surface area contributed by atoms with Gasteiger partial charge in [-0.1, -0.05) is 45.2 Å². The minimum Gasteiger partial charge on any atom is -0.454 e. The molecule has 0 aliphatic heterocycles. The summed E-state index contributed by atoms with van der Waals surface area (Å²) in [6, 6.07) is 10.0.